The Morgan fingerprint density at radius 2 is 1.86 bits per heavy atom. The van der Waals surface area contributed by atoms with E-state index in [0.29, 0.717) is 5.56 Å². The number of hydrogen-bond acceptors (Lipinski definition) is 6. The molecule has 0 radical (unpaired) electrons. The molecule has 1 aliphatic heterocycles. The minimum atomic E-state index is -0.771. The summed E-state index contributed by atoms with van der Waals surface area (Å²) < 4.78 is 24.4. The average Bonchev–Trinajstić information content (AvgIpc) is 3.18. The first kappa shape index (κ1) is 20.0. The summed E-state index contributed by atoms with van der Waals surface area (Å²) in [6, 6.07) is 17.0. The summed E-state index contributed by atoms with van der Waals surface area (Å²) in [5.74, 6) is 0.374. The van der Waals surface area contributed by atoms with E-state index < -0.39 is 5.54 Å². The van der Waals surface area contributed by atoms with Gasteiger partial charge in [0.1, 0.15) is 25.0 Å². The van der Waals surface area contributed by atoms with Crippen LogP contribution < -0.4 is 10.5 Å². The molecular weight excluding hydrogens is 373 g/mol. The Morgan fingerprint density at radius 3 is 2.48 bits per heavy atom. The fraction of sp³-hybridized carbons (Fsp3) is 0.136. The Hall–Kier alpha value is -3.74. The van der Waals surface area contributed by atoms with Gasteiger partial charge in [-0.05, 0) is 41.0 Å². The van der Waals surface area contributed by atoms with E-state index in [1.54, 1.807) is 13.3 Å². The van der Waals surface area contributed by atoms with Gasteiger partial charge in [-0.3, -0.25) is 4.98 Å². The second kappa shape index (κ2) is 8.52. The average molecular weight is 395 g/mol. The highest BCUT2D eigenvalue weighted by molar-refractivity contribution is 5.75. The van der Waals surface area contributed by atoms with Gasteiger partial charge in [0.05, 0.1) is 13.3 Å². The monoisotopic (exact) mass is 395 g/mol. The molecule has 29 heavy (non-hydrogen) atoms. The number of rotatable bonds is 4. The molecule has 6 nitrogen and oxygen atoms in total. The maximum Gasteiger partial charge on any atom is 0.283 e. The third-order valence-corrected chi connectivity index (χ3v) is 4.68. The van der Waals surface area contributed by atoms with Crippen LogP contribution in [0.2, 0.25) is 0 Å². The van der Waals surface area contributed by atoms with Crippen LogP contribution in [0.25, 0.3) is 11.1 Å². The number of nitrogens with zero attached hydrogens (tertiary/aromatic N) is 2. The molecule has 2 N–H and O–H groups in total. The van der Waals surface area contributed by atoms with E-state index >= 15 is 0 Å². The zero-order valence-electron chi connectivity index (χ0n) is 15.8. The number of methoxy groups -OCH3 is 1. The summed E-state index contributed by atoms with van der Waals surface area (Å²) in [5, 5.41) is 0. The second-order valence-corrected chi connectivity index (χ2v) is 6.30. The van der Waals surface area contributed by atoms with Gasteiger partial charge in [-0.1, -0.05) is 30.3 Å². The summed E-state index contributed by atoms with van der Waals surface area (Å²) in [4.78, 5) is 16.5. The molecule has 7 heteroatoms. The van der Waals surface area contributed by atoms with Crippen LogP contribution in [0.4, 0.5) is 4.39 Å². The van der Waals surface area contributed by atoms with E-state index in [-0.39, 0.29) is 19.9 Å². The van der Waals surface area contributed by atoms with Crippen LogP contribution in [0, 0.1) is 5.82 Å². The first-order valence-corrected chi connectivity index (χ1v) is 8.74. The molecule has 0 saturated heterocycles. The Bertz CT molecular complexity index is 1030. The number of carbonyl (C=O) groups is 1. The molecule has 0 spiro atoms. The lowest BCUT2D eigenvalue weighted by Gasteiger charge is -2.26. The van der Waals surface area contributed by atoms with Crippen molar-refractivity contribution in [1.29, 1.82) is 0 Å². The minimum absolute atomic E-state index is 0. The fourth-order valence-electron chi connectivity index (χ4n) is 3.29. The van der Waals surface area contributed by atoms with Crippen LogP contribution in [0.5, 0.6) is 5.75 Å². The van der Waals surface area contributed by atoms with E-state index in [1.807, 2.05) is 55.3 Å². The molecule has 1 aromatic heterocycles. The van der Waals surface area contributed by atoms with E-state index in [1.165, 1.54) is 12.3 Å². The topological polar surface area (TPSA) is 86.8 Å². The van der Waals surface area contributed by atoms with Crippen molar-refractivity contribution in [2.24, 2.45) is 10.7 Å². The predicted octanol–water partition coefficient (Wildman–Crippen LogP) is 3.55. The maximum absolute atomic E-state index is 13.6. The molecule has 1 atom stereocenters. The van der Waals surface area contributed by atoms with Gasteiger partial charge in [0.25, 0.3) is 6.02 Å². The Kier molecular flexibility index (Phi) is 5.87. The summed E-state index contributed by atoms with van der Waals surface area (Å²) in [6.07, 6.45) is 2.81. The van der Waals surface area contributed by atoms with Gasteiger partial charge < -0.3 is 20.0 Å². The molecule has 1 aliphatic rings. The number of carbonyl (C=O) groups excluding carboxylic acids is 1. The van der Waals surface area contributed by atoms with Gasteiger partial charge in [-0.2, -0.15) is 0 Å². The fourth-order valence-corrected chi connectivity index (χ4v) is 3.29. The van der Waals surface area contributed by atoms with Crippen molar-refractivity contribution in [2.75, 3.05) is 13.7 Å². The highest BCUT2D eigenvalue weighted by Crippen LogP contribution is 2.39. The zero-order chi connectivity index (χ0) is 20.9. The quantitative estimate of drug-likeness (QED) is 0.730. The number of ether oxygens (including phenoxy) is 2. The van der Waals surface area contributed by atoms with Crippen molar-refractivity contribution >= 4 is 12.8 Å². The van der Waals surface area contributed by atoms with Crippen molar-refractivity contribution in [3.63, 3.8) is 0 Å². The number of amidine groups is 1. The van der Waals surface area contributed by atoms with E-state index in [2.05, 4.69) is 9.98 Å². The highest BCUT2D eigenvalue weighted by Gasteiger charge is 2.40. The number of nitrogens with two attached hydrogens (primary N) is 1. The summed E-state index contributed by atoms with van der Waals surface area (Å²) in [7, 11) is 1.62. The molecule has 3 aromatic rings. The van der Waals surface area contributed by atoms with Crippen LogP contribution in [0.15, 0.2) is 72.0 Å². The van der Waals surface area contributed by atoms with Gasteiger partial charge in [-0.15, -0.1) is 0 Å². The number of pyridine rings is 1. The summed E-state index contributed by atoms with van der Waals surface area (Å²) in [6.45, 7) is 2.29. The van der Waals surface area contributed by atoms with Crippen LogP contribution in [0.3, 0.4) is 0 Å². The number of aliphatic imine (C=N–C) groups is 1. The predicted molar refractivity (Wildman–Crippen MR) is 110 cm³/mol. The van der Waals surface area contributed by atoms with Gasteiger partial charge in [-0.25, -0.2) is 9.38 Å². The lowest BCUT2D eigenvalue weighted by molar-refractivity contribution is -0.0979. The highest BCUT2D eigenvalue weighted by atomic mass is 19.1. The van der Waals surface area contributed by atoms with Gasteiger partial charge >= 0.3 is 0 Å². The van der Waals surface area contributed by atoms with E-state index in [4.69, 9.17) is 20.0 Å². The molecule has 2 aromatic carbocycles. The van der Waals surface area contributed by atoms with Crippen molar-refractivity contribution in [3.8, 4) is 16.9 Å². The number of halogens is 1. The second-order valence-electron chi connectivity index (χ2n) is 6.30. The SMILES string of the molecule is C=O.COc1ccc(C2(c3cccc(-c4cncc(F)c4)c3)COC(N)=N2)cc1.[HH]. The largest absolute Gasteiger partial charge is 0.497 e. The standard InChI is InChI=1S/C21H18FN3O2.CH2O.H2/c1-26-19-7-5-16(6-8-19)21(13-27-20(23)25-21)17-4-2-3-14(9-17)15-10-18(22)12-24-11-15;1-2;/h2-12H,13H2,1H3,(H2,23,25);1H2;1H. The molecule has 1 unspecified atom stereocenters. The first-order chi connectivity index (χ1) is 14.1. The van der Waals surface area contributed by atoms with Crippen LogP contribution in [-0.2, 0) is 15.1 Å². The Balaban J connectivity index is 0.00000104. The van der Waals surface area contributed by atoms with Crippen LogP contribution in [0.1, 0.15) is 12.6 Å². The molecule has 0 bridgehead atoms. The van der Waals surface area contributed by atoms with Gasteiger partial charge in [0, 0.05) is 13.2 Å². The molecular formula is C22H22FN3O3. The molecule has 0 saturated carbocycles. The molecule has 0 fully saturated rings. The van der Waals surface area contributed by atoms with Crippen molar-refractivity contribution in [2.45, 2.75) is 5.54 Å². The van der Waals surface area contributed by atoms with Gasteiger partial charge in [0.15, 0.2) is 5.54 Å². The van der Waals surface area contributed by atoms with Gasteiger partial charge in [0.2, 0.25) is 0 Å². The Labute approximate surface area is 169 Å². The first-order valence-electron chi connectivity index (χ1n) is 8.74. The lowest BCUT2D eigenvalue weighted by Crippen LogP contribution is -2.27. The Morgan fingerprint density at radius 1 is 1.10 bits per heavy atom. The minimum Gasteiger partial charge on any atom is -0.497 e. The molecule has 0 amide bonds. The third-order valence-electron chi connectivity index (χ3n) is 4.68. The zero-order valence-corrected chi connectivity index (χ0v) is 15.8. The maximum atomic E-state index is 13.6. The molecule has 0 aliphatic carbocycles. The van der Waals surface area contributed by atoms with Crippen molar-refractivity contribution in [1.82, 2.24) is 4.98 Å². The smallest absolute Gasteiger partial charge is 0.283 e. The molecule has 2 heterocycles. The molecule has 150 valence electrons. The third kappa shape index (κ3) is 3.94. The normalized spacial score (nSPS) is 17.5. The number of benzene rings is 2. The van der Waals surface area contributed by atoms with Crippen molar-refractivity contribution in [3.05, 3.63) is 83.9 Å². The number of aromatic nitrogens is 1. The summed E-state index contributed by atoms with van der Waals surface area (Å²) in [5.41, 5.74) is 8.44. The number of hydrogen-bond donors (Lipinski definition) is 1. The van der Waals surface area contributed by atoms with Crippen molar-refractivity contribution < 1.29 is 20.1 Å². The van der Waals surface area contributed by atoms with E-state index in [0.717, 1.165) is 22.4 Å². The molecule has 4 rings (SSSR count). The van der Waals surface area contributed by atoms with E-state index in [9.17, 15) is 4.39 Å². The summed E-state index contributed by atoms with van der Waals surface area (Å²) >= 11 is 0. The van der Waals surface area contributed by atoms with Crippen LogP contribution >= 0.6 is 0 Å². The lowest BCUT2D eigenvalue weighted by atomic mass is 9.83. The van der Waals surface area contributed by atoms with Crippen LogP contribution in [-0.4, -0.2) is 31.5 Å².